The molecule has 19 heavy (non-hydrogen) atoms. The first kappa shape index (κ1) is 13.0. The highest BCUT2D eigenvalue weighted by Crippen LogP contribution is 2.18. The molecule has 2 N–H and O–H groups in total. The van der Waals surface area contributed by atoms with Gasteiger partial charge in [0.1, 0.15) is 6.07 Å². The van der Waals surface area contributed by atoms with Crippen molar-refractivity contribution in [2.45, 2.75) is 0 Å². The van der Waals surface area contributed by atoms with Crippen LogP contribution in [0.3, 0.4) is 0 Å². The molecule has 0 atom stereocenters. The third-order valence-corrected chi connectivity index (χ3v) is 2.50. The molecule has 0 unspecified atom stereocenters. The summed E-state index contributed by atoms with van der Waals surface area (Å²) in [7, 11) is 0. The van der Waals surface area contributed by atoms with E-state index >= 15 is 0 Å². The normalized spacial score (nSPS) is 19.9. The zero-order valence-electron chi connectivity index (χ0n) is 10.1. The summed E-state index contributed by atoms with van der Waals surface area (Å²) in [5.74, 6) is 0.327. The second kappa shape index (κ2) is 5.91. The Kier molecular flexibility index (Phi) is 4.03. The third kappa shape index (κ3) is 3.04. The predicted octanol–water partition coefficient (Wildman–Crippen LogP) is 0.940. The minimum absolute atomic E-state index is 0.0799. The molecule has 2 aliphatic heterocycles. The Morgan fingerprint density at radius 1 is 1.32 bits per heavy atom. The smallest absolute Gasteiger partial charge is 0.165 e. The van der Waals surface area contributed by atoms with Crippen LogP contribution in [0.4, 0.5) is 0 Å². The lowest BCUT2D eigenvalue weighted by Crippen LogP contribution is -2.09. The summed E-state index contributed by atoms with van der Waals surface area (Å²) in [5.41, 5.74) is 1.95. The Morgan fingerprint density at radius 2 is 2.05 bits per heavy atom. The van der Waals surface area contributed by atoms with E-state index in [4.69, 9.17) is 15.6 Å². The van der Waals surface area contributed by atoms with Crippen molar-refractivity contribution in [2.24, 2.45) is 9.98 Å². The van der Waals surface area contributed by atoms with Gasteiger partial charge in [-0.25, -0.2) is 10.1 Å². The number of aliphatic imine (C=N–C) groups is 2. The number of allylic oxidation sites excluding steroid dienone is 5. The van der Waals surface area contributed by atoms with Crippen LogP contribution in [-0.4, -0.2) is 40.6 Å². The number of hydrogen-bond acceptors (Lipinski definition) is 5. The highest BCUT2D eigenvalue weighted by molar-refractivity contribution is 6.12. The molecule has 2 heterocycles. The van der Waals surface area contributed by atoms with E-state index in [9.17, 15) is 0 Å². The quantitative estimate of drug-likeness (QED) is 0.769. The molecule has 0 amide bonds. The van der Waals surface area contributed by atoms with Crippen molar-refractivity contribution in [2.75, 3.05) is 13.2 Å². The first-order chi connectivity index (χ1) is 9.24. The fourth-order valence-corrected chi connectivity index (χ4v) is 1.59. The van der Waals surface area contributed by atoms with Gasteiger partial charge in [-0.05, 0) is 23.8 Å². The van der Waals surface area contributed by atoms with Crippen LogP contribution < -0.4 is 0 Å². The number of amidine groups is 1. The lowest BCUT2D eigenvalue weighted by Gasteiger charge is -2.13. The summed E-state index contributed by atoms with van der Waals surface area (Å²) in [6.45, 7) is 0.139. The van der Waals surface area contributed by atoms with Gasteiger partial charge in [-0.3, -0.25) is 10.2 Å². The Bertz CT molecular complexity index is 572. The maximum Gasteiger partial charge on any atom is 0.165 e. The highest BCUT2D eigenvalue weighted by atomic mass is 16.5. The van der Waals surface area contributed by atoms with Gasteiger partial charge in [0.15, 0.2) is 5.84 Å². The summed E-state index contributed by atoms with van der Waals surface area (Å²) < 4.78 is 0. The summed E-state index contributed by atoms with van der Waals surface area (Å²) in [6.07, 6.45) is 9.69. The van der Waals surface area contributed by atoms with E-state index in [1.807, 2.05) is 6.07 Å². The zero-order chi connectivity index (χ0) is 13.7. The van der Waals surface area contributed by atoms with Crippen LogP contribution in [0.25, 0.3) is 0 Å². The molecule has 0 aromatic heterocycles. The molecule has 0 aromatic rings. The minimum Gasteiger partial charge on any atom is -0.394 e. The van der Waals surface area contributed by atoms with Crippen LogP contribution in [0, 0.1) is 11.3 Å². The molecule has 6 heteroatoms. The van der Waals surface area contributed by atoms with Gasteiger partial charge in [0.05, 0.1) is 18.7 Å². The summed E-state index contributed by atoms with van der Waals surface area (Å²) in [6, 6.07) is 2.03. The topological polar surface area (TPSA) is 92.2 Å². The van der Waals surface area contributed by atoms with E-state index in [1.54, 1.807) is 24.4 Å². The molecule has 0 saturated heterocycles. The number of hydroxylamine groups is 2. The highest BCUT2D eigenvalue weighted by Gasteiger charge is 2.12. The zero-order valence-corrected chi connectivity index (χ0v) is 10.1. The van der Waals surface area contributed by atoms with Crippen LogP contribution in [0.15, 0.2) is 57.3 Å². The molecule has 0 spiro atoms. The molecule has 0 radical (unpaired) electrons. The van der Waals surface area contributed by atoms with Crippen molar-refractivity contribution in [1.82, 2.24) is 5.06 Å². The van der Waals surface area contributed by atoms with Gasteiger partial charge in [-0.15, -0.1) is 0 Å². The Hall–Kier alpha value is -2.49. The van der Waals surface area contributed by atoms with Crippen molar-refractivity contribution in [3.63, 3.8) is 0 Å². The van der Waals surface area contributed by atoms with Crippen LogP contribution >= 0.6 is 0 Å². The minimum atomic E-state index is -0.0799. The van der Waals surface area contributed by atoms with E-state index in [1.165, 1.54) is 12.4 Å². The van der Waals surface area contributed by atoms with Crippen LogP contribution in [-0.2, 0) is 0 Å². The van der Waals surface area contributed by atoms with Gasteiger partial charge in [0, 0.05) is 24.2 Å². The monoisotopic (exact) mass is 256 g/mol. The van der Waals surface area contributed by atoms with E-state index in [0.29, 0.717) is 11.4 Å². The van der Waals surface area contributed by atoms with Crippen molar-refractivity contribution in [1.29, 1.82) is 5.26 Å². The SMILES string of the molecule is N#CC1=CC(=C2C=CN(O)C=C2)C=NC1=NCCO. The molecule has 0 fully saturated rings. The average molecular weight is 256 g/mol. The van der Waals surface area contributed by atoms with Crippen LogP contribution in [0.2, 0.25) is 0 Å². The fraction of sp³-hybridized carbons (Fsp3) is 0.154. The maximum absolute atomic E-state index is 9.16. The van der Waals surface area contributed by atoms with Gasteiger partial charge in [-0.1, -0.05) is 0 Å². The molecule has 0 saturated carbocycles. The summed E-state index contributed by atoms with van der Waals surface area (Å²) in [5, 5.41) is 27.9. The Balaban J connectivity index is 2.32. The molecule has 96 valence electrons. The largest absolute Gasteiger partial charge is 0.394 e. The van der Waals surface area contributed by atoms with Gasteiger partial charge < -0.3 is 5.11 Å². The van der Waals surface area contributed by atoms with Gasteiger partial charge in [0.25, 0.3) is 0 Å². The lowest BCUT2D eigenvalue weighted by molar-refractivity contribution is 0.0105. The number of nitrogens with zero attached hydrogens (tertiary/aromatic N) is 4. The molecule has 6 nitrogen and oxygen atoms in total. The van der Waals surface area contributed by atoms with Gasteiger partial charge in [-0.2, -0.15) is 5.26 Å². The molecular weight excluding hydrogens is 244 g/mol. The Labute approximate surface area is 110 Å². The fourth-order valence-electron chi connectivity index (χ4n) is 1.59. The first-order valence-electron chi connectivity index (χ1n) is 5.64. The first-order valence-corrected chi connectivity index (χ1v) is 5.64. The number of aliphatic hydroxyl groups excluding tert-OH is 1. The number of nitriles is 1. The Morgan fingerprint density at radius 3 is 2.68 bits per heavy atom. The van der Waals surface area contributed by atoms with Crippen molar-refractivity contribution in [3.8, 4) is 6.07 Å². The number of rotatable bonds is 2. The number of aliphatic hydroxyl groups is 1. The predicted molar refractivity (Wildman–Crippen MR) is 70.5 cm³/mol. The second-order valence-electron chi connectivity index (χ2n) is 3.78. The van der Waals surface area contributed by atoms with E-state index < -0.39 is 0 Å². The molecule has 2 aliphatic rings. The molecule has 0 aliphatic carbocycles. The van der Waals surface area contributed by atoms with Crippen molar-refractivity contribution >= 4 is 12.1 Å². The molecule has 2 rings (SSSR count). The van der Waals surface area contributed by atoms with E-state index in [0.717, 1.165) is 16.2 Å². The third-order valence-electron chi connectivity index (χ3n) is 2.50. The average Bonchev–Trinajstić information content (AvgIpc) is 2.46. The number of hydrogen-bond donors (Lipinski definition) is 2. The summed E-state index contributed by atoms with van der Waals surface area (Å²) >= 11 is 0. The summed E-state index contributed by atoms with van der Waals surface area (Å²) in [4.78, 5) is 8.13. The van der Waals surface area contributed by atoms with Crippen molar-refractivity contribution in [3.05, 3.63) is 47.3 Å². The maximum atomic E-state index is 9.16. The standard InChI is InChI=1S/C13H12N4O2/c14-8-11-7-12(9-16-13(11)15-3-6-18)10-1-4-17(19)5-2-10/h1-2,4-5,7,9,18-19H,3,6H2. The molecule has 0 bridgehead atoms. The van der Waals surface area contributed by atoms with Crippen LogP contribution in [0.1, 0.15) is 0 Å². The number of dihydropyridines is 1. The van der Waals surface area contributed by atoms with Gasteiger partial charge >= 0.3 is 0 Å². The lowest BCUT2D eigenvalue weighted by atomic mass is 10.0. The second-order valence-corrected chi connectivity index (χ2v) is 3.78. The van der Waals surface area contributed by atoms with Gasteiger partial charge in [0.2, 0.25) is 0 Å². The van der Waals surface area contributed by atoms with E-state index in [2.05, 4.69) is 9.98 Å². The van der Waals surface area contributed by atoms with E-state index in [-0.39, 0.29) is 13.2 Å². The van der Waals surface area contributed by atoms with Crippen molar-refractivity contribution < 1.29 is 10.3 Å². The van der Waals surface area contributed by atoms with Crippen LogP contribution in [0.5, 0.6) is 0 Å². The molecule has 0 aromatic carbocycles. The molecular formula is C13H12N4O2.